The lowest BCUT2D eigenvalue weighted by molar-refractivity contribution is -0.384. The standard InChI is InChI=1S/C13H18N2O3/c1-10-2-3-12(13(8-10)15(17)18)14-6-4-11(9-14)5-7-16/h2-3,8,11,16H,4-7,9H2,1H3/t11-/m0/s1. The molecule has 5 heteroatoms. The summed E-state index contributed by atoms with van der Waals surface area (Å²) in [7, 11) is 0. The van der Waals surface area contributed by atoms with Crippen LogP contribution >= 0.6 is 0 Å². The number of rotatable bonds is 4. The first-order chi connectivity index (χ1) is 8.61. The minimum absolute atomic E-state index is 0.180. The molecular formula is C13H18N2O3. The molecule has 0 unspecified atom stereocenters. The molecule has 1 saturated heterocycles. The Kier molecular flexibility index (Phi) is 3.81. The van der Waals surface area contributed by atoms with Crippen molar-refractivity contribution in [2.24, 2.45) is 5.92 Å². The van der Waals surface area contributed by atoms with Crippen LogP contribution in [0.5, 0.6) is 0 Å². The molecule has 0 saturated carbocycles. The number of nitro groups is 1. The molecule has 1 aromatic rings. The Labute approximate surface area is 106 Å². The van der Waals surface area contributed by atoms with Crippen LogP contribution < -0.4 is 4.90 Å². The van der Waals surface area contributed by atoms with Crippen molar-refractivity contribution in [2.45, 2.75) is 19.8 Å². The average molecular weight is 250 g/mol. The van der Waals surface area contributed by atoms with Crippen molar-refractivity contribution < 1.29 is 10.0 Å². The van der Waals surface area contributed by atoms with Crippen LogP contribution in [0.1, 0.15) is 18.4 Å². The molecular weight excluding hydrogens is 232 g/mol. The minimum Gasteiger partial charge on any atom is -0.396 e. The molecule has 1 heterocycles. The van der Waals surface area contributed by atoms with Crippen molar-refractivity contribution in [2.75, 3.05) is 24.6 Å². The highest BCUT2D eigenvalue weighted by Gasteiger charge is 2.27. The maximum absolute atomic E-state index is 11.1. The van der Waals surface area contributed by atoms with Crippen molar-refractivity contribution in [1.82, 2.24) is 0 Å². The van der Waals surface area contributed by atoms with E-state index in [4.69, 9.17) is 5.11 Å². The third-order valence-corrected chi connectivity index (χ3v) is 3.49. The second-order valence-corrected chi connectivity index (χ2v) is 4.86. The van der Waals surface area contributed by atoms with Crippen molar-refractivity contribution >= 4 is 11.4 Å². The Morgan fingerprint density at radius 1 is 1.56 bits per heavy atom. The molecule has 0 aromatic heterocycles. The molecule has 1 aromatic carbocycles. The summed E-state index contributed by atoms with van der Waals surface area (Å²) in [6.07, 6.45) is 1.77. The van der Waals surface area contributed by atoms with Gasteiger partial charge in [0.25, 0.3) is 5.69 Å². The second-order valence-electron chi connectivity index (χ2n) is 4.86. The highest BCUT2D eigenvalue weighted by molar-refractivity contribution is 5.64. The first-order valence-electron chi connectivity index (χ1n) is 6.22. The van der Waals surface area contributed by atoms with Gasteiger partial charge in [-0.2, -0.15) is 0 Å². The number of aliphatic hydroxyl groups excluding tert-OH is 1. The summed E-state index contributed by atoms with van der Waals surface area (Å²) < 4.78 is 0. The van der Waals surface area contributed by atoms with Crippen LogP contribution in [0.3, 0.4) is 0 Å². The Morgan fingerprint density at radius 3 is 3.00 bits per heavy atom. The third kappa shape index (κ3) is 2.61. The van der Waals surface area contributed by atoms with Gasteiger partial charge in [0.05, 0.1) is 4.92 Å². The first-order valence-corrected chi connectivity index (χ1v) is 6.22. The Morgan fingerprint density at radius 2 is 2.33 bits per heavy atom. The number of aryl methyl sites for hydroxylation is 1. The molecule has 0 amide bonds. The maximum atomic E-state index is 11.1. The number of benzene rings is 1. The molecule has 1 atom stereocenters. The van der Waals surface area contributed by atoms with Crippen LogP contribution in [0, 0.1) is 23.0 Å². The van der Waals surface area contributed by atoms with E-state index in [-0.39, 0.29) is 17.2 Å². The summed E-state index contributed by atoms with van der Waals surface area (Å²) in [5.74, 6) is 0.441. The number of hydrogen-bond donors (Lipinski definition) is 1. The van der Waals surface area contributed by atoms with Gasteiger partial charge in [-0.05, 0) is 37.3 Å². The van der Waals surface area contributed by atoms with Crippen molar-refractivity contribution in [3.8, 4) is 0 Å². The number of nitro benzene ring substituents is 1. The van der Waals surface area contributed by atoms with Crippen molar-refractivity contribution in [3.63, 3.8) is 0 Å². The van der Waals surface area contributed by atoms with E-state index in [0.29, 0.717) is 11.6 Å². The highest BCUT2D eigenvalue weighted by Crippen LogP contribution is 2.33. The fraction of sp³-hybridized carbons (Fsp3) is 0.538. The Balaban J connectivity index is 2.21. The van der Waals surface area contributed by atoms with Gasteiger partial charge in [-0.15, -0.1) is 0 Å². The highest BCUT2D eigenvalue weighted by atomic mass is 16.6. The van der Waals surface area contributed by atoms with Gasteiger partial charge in [0.15, 0.2) is 0 Å². The quantitative estimate of drug-likeness (QED) is 0.656. The summed E-state index contributed by atoms with van der Waals surface area (Å²) in [5.41, 5.74) is 1.78. The SMILES string of the molecule is Cc1ccc(N2CC[C@@H](CCO)C2)c([N+](=O)[O-])c1. The van der Waals surface area contributed by atoms with Gasteiger partial charge in [0.2, 0.25) is 0 Å². The predicted molar refractivity (Wildman–Crippen MR) is 69.9 cm³/mol. The number of hydrogen-bond acceptors (Lipinski definition) is 4. The molecule has 0 aliphatic carbocycles. The fourth-order valence-electron chi connectivity index (χ4n) is 2.52. The lowest BCUT2D eigenvalue weighted by atomic mass is 10.1. The van der Waals surface area contributed by atoms with E-state index in [9.17, 15) is 10.1 Å². The van der Waals surface area contributed by atoms with Crippen molar-refractivity contribution in [1.29, 1.82) is 0 Å². The molecule has 98 valence electrons. The normalized spacial score (nSPS) is 19.2. The van der Waals surface area contributed by atoms with Crippen LogP contribution in [0.15, 0.2) is 18.2 Å². The topological polar surface area (TPSA) is 66.6 Å². The lowest BCUT2D eigenvalue weighted by Crippen LogP contribution is -2.21. The van der Waals surface area contributed by atoms with E-state index in [2.05, 4.69) is 4.90 Å². The minimum atomic E-state index is -0.318. The van der Waals surface area contributed by atoms with E-state index in [1.807, 2.05) is 19.1 Å². The molecule has 2 rings (SSSR count). The number of anilines is 1. The lowest BCUT2D eigenvalue weighted by Gasteiger charge is -2.18. The van der Waals surface area contributed by atoms with Gasteiger partial charge in [-0.25, -0.2) is 0 Å². The Hall–Kier alpha value is -1.62. The largest absolute Gasteiger partial charge is 0.396 e. The van der Waals surface area contributed by atoms with E-state index < -0.39 is 0 Å². The van der Waals surface area contributed by atoms with Crippen LogP contribution in [0.25, 0.3) is 0 Å². The van der Waals surface area contributed by atoms with E-state index >= 15 is 0 Å². The molecule has 18 heavy (non-hydrogen) atoms. The van der Waals surface area contributed by atoms with Gasteiger partial charge in [-0.1, -0.05) is 6.07 Å². The van der Waals surface area contributed by atoms with E-state index in [0.717, 1.165) is 31.5 Å². The van der Waals surface area contributed by atoms with E-state index in [1.165, 1.54) is 0 Å². The van der Waals surface area contributed by atoms with Crippen LogP contribution in [-0.2, 0) is 0 Å². The number of aliphatic hydroxyl groups is 1. The van der Waals surface area contributed by atoms with Crippen molar-refractivity contribution in [3.05, 3.63) is 33.9 Å². The van der Waals surface area contributed by atoms with Gasteiger partial charge in [-0.3, -0.25) is 10.1 Å². The van der Waals surface area contributed by atoms with Gasteiger partial charge in [0, 0.05) is 25.8 Å². The van der Waals surface area contributed by atoms with Gasteiger partial charge >= 0.3 is 0 Å². The summed E-state index contributed by atoms with van der Waals surface area (Å²) in [6, 6.07) is 5.35. The zero-order chi connectivity index (χ0) is 13.1. The zero-order valence-electron chi connectivity index (χ0n) is 10.5. The Bertz CT molecular complexity index is 448. The van der Waals surface area contributed by atoms with Gasteiger partial charge in [0.1, 0.15) is 5.69 Å². The zero-order valence-corrected chi connectivity index (χ0v) is 10.5. The number of nitrogens with zero attached hydrogens (tertiary/aromatic N) is 2. The molecule has 1 aliphatic rings. The van der Waals surface area contributed by atoms with Gasteiger partial charge < -0.3 is 10.0 Å². The average Bonchev–Trinajstić information content (AvgIpc) is 2.78. The molecule has 5 nitrogen and oxygen atoms in total. The molecule has 1 fully saturated rings. The fourth-order valence-corrected chi connectivity index (χ4v) is 2.52. The predicted octanol–water partition coefficient (Wildman–Crippen LogP) is 2.11. The maximum Gasteiger partial charge on any atom is 0.292 e. The molecule has 0 bridgehead atoms. The molecule has 1 N–H and O–H groups in total. The van der Waals surface area contributed by atoms with Crippen LogP contribution in [0.4, 0.5) is 11.4 Å². The smallest absolute Gasteiger partial charge is 0.292 e. The molecule has 0 radical (unpaired) electrons. The van der Waals surface area contributed by atoms with E-state index in [1.54, 1.807) is 6.07 Å². The summed E-state index contributed by atoms with van der Waals surface area (Å²) in [5, 5.41) is 20.0. The second kappa shape index (κ2) is 5.35. The molecule has 1 aliphatic heterocycles. The third-order valence-electron chi connectivity index (χ3n) is 3.49. The van der Waals surface area contributed by atoms with Crippen LogP contribution in [0.2, 0.25) is 0 Å². The van der Waals surface area contributed by atoms with Crippen LogP contribution in [-0.4, -0.2) is 29.7 Å². The summed E-state index contributed by atoms with van der Waals surface area (Å²) in [4.78, 5) is 12.8. The first kappa shape index (κ1) is 12.8. The summed E-state index contributed by atoms with van der Waals surface area (Å²) >= 11 is 0. The monoisotopic (exact) mass is 250 g/mol. The summed E-state index contributed by atoms with van der Waals surface area (Å²) in [6.45, 7) is 3.67. The molecule has 0 spiro atoms.